The zero-order valence-electron chi connectivity index (χ0n) is 11.7. The molecule has 2 N–H and O–H groups in total. The summed E-state index contributed by atoms with van der Waals surface area (Å²) in [6.07, 6.45) is 5.41. The Balaban J connectivity index is 2.02. The molecule has 2 nitrogen and oxygen atoms in total. The molecular formula is C16H26N2. The molecule has 1 aliphatic carbocycles. The number of anilines is 1. The second kappa shape index (κ2) is 6.24. The third-order valence-electron chi connectivity index (χ3n) is 4.40. The van der Waals surface area contributed by atoms with Gasteiger partial charge in [-0.15, -0.1) is 0 Å². The second-order valence-corrected chi connectivity index (χ2v) is 5.71. The summed E-state index contributed by atoms with van der Waals surface area (Å²) in [4.78, 5) is 2.41. The Morgan fingerprint density at radius 1 is 1.17 bits per heavy atom. The summed E-state index contributed by atoms with van der Waals surface area (Å²) >= 11 is 0. The van der Waals surface area contributed by atoms with E-state index in [9.17, 15) is 0 Å². The minimum absolute atomic E-state index is 0.727. The number of aryl methyl sites for hydroxylation is 1. The summed E-state index contributed by atoms with van der Waals surface area (Å²) in [6.45, 7) is 4.19. The van der Waals surface area contributed by atoms with E-state index in [2.05, 4.69) is 43.1 Å². The van der Waals surface area contributed by atoms with E-state index in [0.29, 0.717) is 0 Å². The average molecular weight is 246 g/mol. The van der Waals surface area contributed by atoms with Crippen molar-refractivity contribution in [1.82, 2.24) is 0 Å². The number of hydrogen-bond donors (Lipinski definition) is 1. The molecule has 1 saturated carbocycles. The van der Waals surface area contributed by atoms with Crippen LogP contribution >= 0.6 is 0 Å². The van der Waals surface area contributed by atoms with Gasteiger partial charge in [0.15, 0.2) is 0 Å². The minimum Gasteiger partial charge on any atom is -0.374 e. The van der Waals surface area contributed by atoms with E-state index in [1.165, 1.54) is 36.9 Å². The lowest BCUT2D eigenvalue weighted by Crippen LogP contribution is -2.35. The number of nitrogens with two attached hydrogens (primary N) is 1. The quantitative estimate of drug-likeness (QED) is 0.884. The number of rotatable bonds is 4. The van der Waals surface area contributed by atoms with E-state index in [1.54, 1.807) is 0 Å². The van der Waals surface area contributed by atoms with Gasteiger partial charge >= 0.3 is 0 Å². The number of para-hydroxylation sites is 1. The summed E-state index contributed by atoms with van der Waals surface area (Å²) in [6, 6.07) is 8.64. The maximum atomic E-state index is 5.92. The lowest BCUT2D eigenvalue weighted by atomic mass is 9.79. The molecule has 18 heavy (non-hydrogen) atoms. The van der Waals surface area contributed by atoms with Crippen LogP contribution < -0.4 is 10.6 Å². The fourth-order valence-corrected chi connectivity index (χ4v) is 3.28. The first kappa shape index (κ1) is 13.4. The van der Waals surface area contributed by atoms with Crippen molar-refractivity contribution in [3.63, 3.8) is 0 Å². The standard InChI is InChI=1S/C16H26N2/c1-13-7-3-6-10-16(13)18(2)12-15-9-5-4-8-14(15)11-17/h3,6-7,10,14-15H,4-5,8-9,11-12,17H2,1-2H3. The Hall–Kier alpha value is -1.02. The maximum Gasteiger partial charge on any atom is 0.0393 e. The minimum atomic E-state index is 0.727. The van der Waals surface area contributed by atoms with Gasteiger partial charge in [0.2, 0.25) is 0 Å². The first-order chi connectivity index (χ1) is 8.72. The Bertz CT molecular complexity index is 375. The zero-order valence-corrected chi connectivity index (χ0v) is 11.7. The van der Waals surface area contributed by atoms with Gasteiger partial charge in [-0.3, -0.25) is 0 Å². The highest BCUT2D eigenvalue weighted by Gasteiger charge is 2.25. The Morgan fingerprint density at radius 2 is 1.83 bits per heavy atom. The molecule has 0 radical (unpaired) electrons. The van der Waals surface area contributed by atoms with Gasteiger partial charge in [-0.05, 0) is 49.8 Å². The van der Waals surface area contributed by atoms with Gasteiger partial charge in [-0.1, -0.05) is 31.0 Å². The summed E-state index contributed by atoms with van der Waals surface area (Å²) in [5, 5.41) is 0. The fourth-order valence-electron chi connectivity index (χ4n) is 3.28. The molecule has 1 aliphatic rings. The van der Waals surface area contributed by atoms with Crippen LogP contribution in [-0.2, 0) is 0 Å². The van der Waals surface area contributed by atoms with Gasteiger partial charge in [0.1, 0.15) is 0 Å². The molecule has 1 aromatic rings. The van der Waals surface area contributed by atoms with Crippen LogP contribution in [0, 0.1) is 18.8 Å². The second-order valence-electron chi connectivity index (χ2n) is 5.71. The summed E-state index contributed by atoms with van der Waals surface area (Å²) in [5.74, 6) is 1.50. The molecule has 0 heterocycles. The van der Waals surface area contributed by atoms with E-state index in [-0.39, 0.29) is 0 Å². The molecule has 0 saturated heterocycles. The van der Waals surface area contributed by atoms with E-state index >= 15 is 0 Å². The average Bonchev–Trinajstić information content (AvgIpc) is 2.39. The number of nitrogens with zero attached hydrogens (tertiary/aromatic N) is 1. The van der Waals surface area contributed by atoms with Crippen LogP contribution in [0.15, 0.2) is 24.3 Å². The van der Waals surface area contributed by atoms with Crippen LogP contribution in [0.1, 0.15) is 31.2 Å². The molecule has 1 aromatic carbocycles. The summed E-state index contributed by atoms with van der Waals surface area (Å²) in [5.41, 5.74) is 8.64. The van der Waals surface area contributed by atoms with Crippen LogP contribution in [0.2, 0.25) is 0 Å². The Labute approximate surface area is 111 Å². The highest BCUT2D eigenvalue weighted by Crippen LogP contribution is 2.31. The summed E-state index contributed by atoms with van der Waals surface area (Å²) in [7, 11) is 2.21. The maximum absolute atomic E-state index is 5.92. The summed E-state index contributed by atoms with van der Waals surface area (Å²) < 4.78 is 0. The molecule has 0 spiro atoms. The van der Waals surface area contributed by atoms with Crippen LogP contribution in [0.3, 0.4) is 0 Å². The third kappa shape index (κ3) is 3.05. The van der Waals surface area contributed by atoms with Crippen molar-refractivity contribution in [3.8, 4) is 0 Å². The van der Waals surface area contributed by atoms with Crippen molar-refractivity contribution >= 4 is 5.69 Å². The van der Waals surface area contributed by atoms with Crippen molar-refractivity contribution < 1.29 is 0 Å². The van der Waals surface area contributed by atoms with Crippen LogP contribution in [0.25, 0.3) is 0 Å². The van der Waals surface area contributed by atoms with Gasteiger partial charge in [-0.2, -0.15) is 0 Å². The van der Waals surface area contributed by atoms with Crippen LogP contribution in [-0.4, -0.2) is 20.1 Å². The highest BCUT2D eigenvalue weighted by molar-refractivity contribution is 5.52. The lowest BCUT2D eigenvalue weighted by Gasteiger charge is -2.35. The smallest absolute Gasteiger partial charge is 0.0393 e. The molecule has 0 amide bonds. The van der Waals surface area contributed by atoms with Crippen LogP contribution in [0.5, 0.6) is 0 Å². The van der Waals surface area contributed by atoms with Crippen molar-refractivity contribution in [1.29, 1.82) is 0 Å². The molecule has 100 valence electrons. The van der Waals surface area contributed by atoms with Gasteiger partial charge in [0.25, 0.3) is 0 Å². The monoisotopic (exact) mass is 246 g/mol. The molecule has 1 fully saturated rings. The van der Waals surface area contributed by atoms with E-state index in [1.807, 2.05) is 0 Å². The number of benzene rings is 1. The molecule has 2 atom stereocenters. The van der Waals surface area contributed by atoms with E-state index < -0.39 is 0 Å². The predicted octanol–water partition coefficient (Wildman–Crippen LogP) is 3.20. The van der Waals surface area contributed by atoms with Crippen molar-refractivity contribution in [3.05, 3.63) is 29.8 Å². The molecule has 2 unspecified atom stereocenters. The van der Waals surface area contributed by atoms with Crippen molar-refractivity contribution in [2.24, 2.45) is 17.6 Å². The highest BCUT2D eigenvalue weighted by atomic mass is 15.1. The first-order valence-corrected chi connectivity index (χ1v) is 7.19. The fraction of sp³-hybridized carbons (Fsp3) is 0.625. The lowest BCUT2D eigenvalue weighted by molar-refractivity contribution is 0.248. The van der Waals surface area contributed by atoms with Crippen LogP contribution in [0.4, 0.5) is 5.69 Å². The number of hydrogen-bond acceptors (Lipinski definition) is 2. The Morgan fingerprint density at radius 3 is 2.50 bits per heavy atom. The normalized spacial score (nSPS) is 23.9. The molecule has 2 rings (SSSR count). The first-order valence-electron chi connectivity index (χ1n) is 7.19. The topological polar surface area (TPSA) is 29.3 Å². The SMILES string of the molecule is Cc1ccccc1N(C)CC1CCCCC1CN. The Kier molecular flexibility index (Phi) is 4.65. The molecular weight excluding hydrogens is 220 g/mol. The van der Waals surface area contributed by atoms with E-state index in [0.717, 1.165) is 24.9 Å². The van der Waals surface area contributed by atoms with Gasteiger partial charge in [0.05, 0.1) is 0 Å². The van der Waals surface area contributed by atoms with E-state index in [4.69, 9.17) is 5.73 Å². The molecule has 0 aromatic heterocycles. The zero-order chi connectivity index (χ0) is 13.0. The predicted molar refractivity (Wildman–Crippen MR) is 79.0 cm³/mol. The largest absolute Gasteiger partial charge is 0.374 e. The van der Waals surface area contributed by atoms with Crippen molar-refractivity contribution in [2.75, 3.05) is 25.0 Å². The van der Waals surface area contributed by atoms with Gasteiger partial charge < -0.3 is 10.6 Å². The molecule has 0 aliphatic heterocycles. The molecule has 2 heteroatoms. The van der Waals surface area contributed by atoms with Crippen molar-refractivity contribution in [2.45, 2.75) is 32.6 Å². The molecule has 0 bridgehead atoms. The van der Waals surface area contributed by atoms with Gasteiger partial charge in [0, 0.05) is 19.3 Å². The van der Waals surface area contributed by atoms with Gasteiger partial charge in [-0.25, -0.2) is 0 Å². The third-order valence-corrected chi connectivity index (χ3v) is 4.40.